The first kappa shape index (κ1) is 25.5. The van der Waals surface area contributed by atoms with E-state index in [4.69, 9.17) is 4.74 Å². The predicted octanol–water partition coefficient (Wildman–Crippen LogP) is 8.08. The van der Waals surface area contributed by atoms with E-state index in [1.54, 1.807) is 0 Å². The molecule has 0 aliphatic rings. The fourth-order valence-electron chi connectivity index (χ4n) is 3.65. The summed E-state index contributed by atoms with van der Waals surface area (Å²) < 4.78 is 5.48. The Kier molecular flexibility index (Phi) is 18.8. The van der Waals surface area contributed by atoms with Crippen LogP contribution in [0.2, 0.25) is 0 Å². The highest BCUT2D eigenvalue weighted by Gasteiger charge is 2.10. The van der Waals surface area contributed by atoms with Crippen LogP contribution in [0.4, 0.5) is 0 Å². The monoisotopic (exact) mass is 368 g/mol. The molecule has 2 nitrogen and oxygen atoms in total. The lowest BCUT2D eigenvalue weighted by Gasteiger charge is -2.15. The quantitative estimate of drug-likeness (QED) is 0.170. The first-order valence-corrected chi connectivity index (χ1v) is 11.8. The molecule has 0 unspecified atom stereocenters. The third-order valence-electron chi connectivity index (χ3n) is 5.29. The summed E-state index contributed by atoms with van der Waals surface area (Å²) in [5.74, 6) is 1.45. The number of carbonyl (C=O) groups is 1. The molecular weight excluding hydrogens is 320 g/mol. The molecule has 2 heteroatoms. The number of carbonyl (C=O) groups excluding carboxylic acids is 1. The smallest absolute Gasteiger partial charge is 0.305 e. The molecule has 0 atom stereocenters. The van der Waals surface area contributed by atoms with Crippen molar-refractivity contribution in [2.45, 2.75) is 130 Å². The van der Waals surface area contributed by atoms with Crippen LogP contribution in [0.25, 0.3) is 0 Å². The maximum absolute atomic E-state index is 11.8. The highest BCUT2D eigenvalue weighted by Crippen LogP contribution is 2.16. The van der Waals surface area contributed by atoms with Crippen molar-refractivity contribution in [2.75, 3.05) is 6.61 Å². The summed E-state index contributed by atoms with van der Waals surface area (Å²) in [6.07, 6.45) is 19.9. The molecule has 156 valence electrons. The molecule has 0 N–H and O–H groups in total. The van der Waals surface area contributed by atoms with E-state index >= 15 is 0 Å². The number of hydrogen-bond acceptors (Lipinski definition) is 2. The zero-order valence-electron chi connectivity index (χ0n) is 18.5. The van der Waals surface area contributed by atoms with Gasteiger partial charge in [-0.05, 0) is 31.1 Å². The maximum Gasteiger partial charge on any atom is 0.305 e. The molecule has 0 saturated carbocycles. The van der Waals surface area contributed by atoms with Crippen LogP contribution >= 0.6 is 0 Å². The molecule has 0 heterocycles. The van der Waals surface area contributed by atoms with Crippen molar-refractivity contribution in [3.63, 3.8) is 0 Å². The van der Waals surface area contributed by atoms with Crippen LogP contribution in [0.5, 0.6) is 0 Å². The second-order valence-electron chi connectivity index (χ2n) is 8.59. The van der Waals surface area contributed by atoms with Gasteiger partial charge in [0.25, 0.3) is 0 Å². The van der Waals surface area contributed by atoms with Crippen molar-refractivity contribution >= 4 is 5.97 Å². The van der Waals surface area contributed by atoms with Crippen molar-refractivity contribution in [1.29, 1.82) is 0 Å². The Bertz CT molecular complexity index is 293. The third-order valence-corrected chi connectivity index (χ3v) is 5.29. The molecule has 0 amide bonds. The van der Waals surface area contributed by atoms with E-state index in [1.165, 1.54) is 89.9 Å². The Morgan fingerprint density at radius 2 is 1.15 bits per heavy atom. The molecule has 0 radical (unpaired) electrons. The van der Waals surface area contributed by atoms with Crippen molar-refractivity contribution < 1.29 is 9.53 Å². The van der Waals surface area contributed by atoms with Gasteiger partial charge in [0.15, 0.2) is 0 Å². The third kappa shape index (κ3) is 18.3. The topological polar surface area (TPSA) is 26.3 Å². The molecule has 0 spiro atoms. The SMILES string of the molecule is CCCC(CCC)COC(=O)CCCCCCCCCCCCC(C)C. The molecular formula is C24H48O2. The predicted molar refractivity (Wildman–Crippen MR) is 115 cm³/mol. The van der Waals surface area contributed by atoms with Gasteiger partial charge in [-0.3, -0.25) is 4.79 Å². The maximum atomic E-state index is 11.8. The Morgan fingerprint density at radius 3 is 1.62 bits per heavy atom. The van der Waals surface area contributed by atoms with Gasteiger partial charge >= 0.3 is 5.97 Å². The molecule has 0 aliphatic heterocycles. The van der Waals surface area contributed by atoms with E-state index in [2.05, 4.69) is 27.7 Å². The van der Waals surface area contributed by atoms with Gasteiger partial charge in [0.05, 0.1) is 6.61 Å². The van der Waals surface area contributed by atoms with Gasteiger partial charge < -0.3 is 4.74 Å². The second-order valence-corrected chi connectivity index (χ2v) is 8.59. The van der Waals surface area contributed by atoms with Crippen LogP contribution in [-0.4, -0.2) is 12.6 Å². The minimum absolute atomic E-state index is 0.0172. The summed E-state index contributed by atoms with van der Waals surface area (Å²) in [4.78, 5) is 11.8. The fraction of sp³-hybridized carbons (Fsp3) is 0.958. The average molecular weight is 369 g/mol. The fourth-order valence-corrected chi connectivity index (χ4v) is 3.65. The van der Waals surface area contributed by atoms with Gasteiger partial charge in [0, 0.05) is 6.42 Å². The van der Waals surface area contributed by atoms with Crippen molar-refractivity contribution in [3.8, 4) is 0 Å². The highest BCUT2D eigenvalue weighted by molar-refractivity contribution is 5.69. The summed E-state index contributed by atoms with van der Waals surface area (Å²) in [7, 11) is 0. The lowest BCUT2D eigenvalue weighted by atomic mass is 9.99. The molecule has 26 heavy (non-hydrogen) atoms. The molecule has 0 bridgehead atoms. The number of unbranched alkanes of at least 4 members (excludes halogenated alkanes) is 9. The zero-order chi connectivity index (χ0) is 19.5. The minimum atomic E-state index is 0.0172. The normalized spacial score (nSPS) is 11.5. The zero-order valence-corrected chi connectivity index (χ0v) is 18.5. The first-order valence-electron chi connectivity index (χ1n) is 11.8. The Hall–Kier alpha value is -0.530. The minimum Gasteiger partial charge on any atom is -0.465 e. The van der Waals surface area contributed by atoms with Gasteiger partial charge in [-0.2, -0.15) is 0 Å². The van der Waals surface area contributed by atoms with Gasteiger partial charge in [0.2, 0.25) is 0 Å². The van der Waals surface area contributed by atoms with Crippen LogP contribution in [0.3, 0.4) is 0 Å². The number of rotatable bonds is 19. The summed E-state index contributed by atoms with van der Waals surface area (Å²) in [6.45, 7) is 9.68. The van der Waals surface area contributed by atoms with Crippen molar-refractivity contribution in [3.05, 3.63) is 0 Å². The van der Waals surface area contributed by atoms with Crippen LogP contribution in [0.15, 0.2) is 0 Å². The Labute approximate surface area is 164 Å². The number of hydrogen-bond donors (Lipinski definition) is 0. The first-order chi connectivity index (χ1) is 12.6. The van der Waals surface area contributed by atoms with Crippen LogP contribution in [0.1, 0.15) is 130 Å². The van der Waals surface area contributed by atoms with E-state index in [-0.39, 0.29) is 5.97 Å². The van der Waals surface area contributed by atoms with Gasteiger partial charge in [-0.25, -0.2) is 0 Å². The lowest BCUT2D eigenvalue weighted by molar-refractivity contribution is -0.145. The largest absolute Gasteiger partial charge is 0.465 e. The van der Waals surface area contributed by atoms with E-state index < -0.39 is 0 Å². The summed E-state index contributed by atoms with van der Waals surface area (Å²) >= 11 is 0. The Balaban J connectivity index is 3.34. The van der Waals surface area contributed by atoms with Gasteiger partial charge in [-0.1, -0.05) is 105 Å². The van der Waals surface area contributed by atoms with Gasteiger partial charge in [0.1, 0.15) is 0 Å². The standard InChI is InChI=1S/C24H48O2/c1-5-17-23(18-6-2)21-26-24(25)20-16-14-12-10-8-7-9-11-13-15-19-22(3)4/h22-23H,5-21H2,1-4H3. The van der Waals surface area contributed by atoms with Crippen LogP contribution in [0, 0.1) is 11.8 Å². The number of esters is 1. The summed E-state index contributed by atoms with van der Waals surface area (Å²) in [5.41, 5.74) is 0. The summed E-state index contributed by atoms with van der Waals surface area (Å²) in [5, 5.41) is 0. The van der Waals surface area contributed by atoms with E-state index in [9.17, 15) is 4.79 Å². The van der Waals surface area contributed by atoms with Crippen LogP contribution < -0.4 is 0 Å². The molecule has 0 fully saturated rings. The van der Waals surface area contributed by atoms with Gasteiger partial charge in [-0.15, -0.1) is 0 Å². The van der Waals surface area contributed by atoms with Crippen molar-refractivity contribution in [1.82, 2.24) is 0 Å². The molecule has 0 aromatic rings. The second kappa shape index (κ2) is 19.2. The van der Waals surface area contributed by atoms with Crippen molar-refractivity contribution in [2.24, 2.45) is 11.8 Å². The van der Waals surface area contributed by atoms with E-state index in [0.717, 1.165) is 12.3 Å². The summed E-state index contributed by atoms with van der Waals surface area (Å²) in [6, 6.07) is 0. The Morgan fingerprint density at radius 1 is 0.692 bits per heavy atom. The molecule has 0 rings (SSSR count). The molecule has 0 aromatic carbocycles. The lowest BCUT2D eigenvalue weighted by Crippen LogP contribution is -2.14. The molecule has 0 aromatic heterocycles. The molecule has 0 saturated heterocycles. The van der Waals surface area contributed by atoms with Crippen LogP contribution in [-0.2, 0) is 9.53 Å². The highest BCUT2D eigenvalue weighted by atomic mass is 16.5. The number of ether oxygens (including phenoxy) is 1. The van der Waals surface area contributed by atoms with E-state index in [0.29, 0.717) is 18.9 Å². The molecule has 0 aliphatic carbocycles. The average Bonchev–Trinajstić information content (AvgIpc) is 2.60. The van der Waals surface area contributed by atoms with E-state index in [1.807, 2.05) is 0 Å².